The highest BCUT2D eigenvalue weighted by Crippen LogP contribution is 2.14. The summed E-state index contributed by atoms with van der Waals surface area (Å²) in [4.78, 5) is 11.6. The van der Waals surface area contributed by atoms with Crippen LogP contribution in [0.5, 0.6) is 0 Å². The molecule has 1 unspecified atom stereocenters. The predicted molar refractivity (Wildman–Crippen MR) is 58.1 cm³/mol. The van der Waals surface area contributed by atoms with Crippen LogP contribution < -0.4 is 10.6 Å². The van der Waals surface area contributed by atoms with Gasteiger partial charge in [-0.15, -0.1) is 0 Å². The van der Waals surface area contributed by atoms with Crippen molar-refractivity contribution < 1.29 is 4.79 Å². The molecule has 1 atom stereocenters. The van der Waals surface area contributed by atoms with Gasteiger partial charge in [0.25, 0.3) is 0 Å². The second kappa shape index (κ2) is 4.78. The van der Waals surface area contributed by atoms with Gasteiger partial charge in [-0.3, -0.25) is 4.79 Å². The van der Waals surface area contributed by atoms with Crippen LogP contribution in [0.15, 0.2) is 0 Å². The Morgan fingerprint density at radius 2 is 2.29 bits per heavy atom. The summed E-state index contributed by atoms with van der Waals surface area (Å²) in [6.07, 6.45) is 2.79. The molecule has 1 amide bonds. The SMILES string of the molecule is CCC(C)(C)NC(=O)CC1CCNC1. The highest BCUT2D eigenvalue weighted by molar-refractivity contribution is 5.77. The van der Waals surface area contributed by atoms with Crippen molar-refractivity contribution in [3.63, 3.8) is 0 Å². The summed E-state index contributed by atoms with van der Waals surface area (Å²) in [6.45, 7) is 8.29. The first-order valence-electron chi connectivity index (χ1n) is 5.55. The van der Waals surface area contributed by atoms with Crippen LogP contribution in [-0.4, -0.2) is 24.5 Å². The summed E-state index contributed by atoms with van der Waals surface area (Å²) in [5.41, 5.74) is -0.0525. The van der Waals surface area contributed by atoms with E-state index in [4.69, 9.17) is 0 Å². The molecule has 14 heavy (non-hydrogen) atoms. The zero-order valence-corrected chi connectivity index (χ0v) is 9.52. The minimum absolute atomic E-state index is 0.0525. The van der Waals surface area contributed by atoms with Crippen LogP contribution in [0.2, 0.25) is 0 Å². The fourth-order valence-corrected chi connectivity index (χ4v) is 1.67. The molecular weight excluding hydrogens is 176 g/mol. The van der Waals surface area contributed by atoms with Gasteiger partial charge in [-0.25, -0.2) is 0 Å². The average Bonchev–Trinajstić information content (AvgIpc) is 2.55. The number of amides is 1. The van der Waals surface area contributed by atoms with Gasteiger partial charge < -0.3 is 10.6 Å². The normalized spacial score (nSPS) is 22.4. The summed E-state index contributed by atoms with van der Waals surface area (Å²) in [5, 5.41) is 6.34. The fourth-order valence-electron chi connectivity index (χ4n) is 1.67. The molecule has 1 rings (SSSR count). The molecule has 1 saturated heterocycles. The second-order valence-corrected chi connectivity index (χ2v) is 4.85. The summed E-state index contributed by atoms with van der Waals surface area (Å²) < 4.78 is 0. The molecule has 1 fully saturated rings. The van der Waals surface area contributed by atoms with Crippen LogP contribution in [0.4, 0.5) is 0 Å². The van der Waals surface area contributed by atoms with Crippen LogP contribution in [0.3, 0.4) is 0 Å². The molecule has 1 aliphatic heterocycles. The van der Waals surface area contributed by atoms with E-state index in [1.165, 1.54) is 0 Å². The molecule has 0 aromatic rings. The molecule has 0 spiro atoms. The first-order chi connectivity index (χ1) is 6.53. The van der Waals surface area contributed by atoms with E-state index >= 15 is 0 Å². The maximum atomic E-state index is 11.6. The van der Waals surface area contributed by atoms with Gasteiger partial charge in [-0.2, -0.15) is 0 Å². The Balaban J connectivity index is 2.27. The van der Waals surface area contributed by atoms with Gasteiger partial charge in [-0.1, -0.05) is 6.92 Å². The third-order valence-corrected chi connectivity index (χ3v) is 3.00. The zero-order valence-electron chi connectivity index (χ0n) is 9.52. The maximum Gasteiger partial charge on any atom is 0.220 e. The molecule has 0 bridgehead atoms. The van der Waals surface area contributed by atoms with Crippen LogP contribution in [0.25, 0.3) is 0 Å². The molecule has 1 aliphatic rings. The van der Waals surface area contributed by atoms with E-state index in [1.54, 1.807) is 0 Å². The van der Waals surface area contributed by atoms with Gasteiger partial charge in [0.1, 0.15) is 0 Å². The van der Waals surface area contributed by atoms with Gasteiger partial charge in [0, 0.05) is 12.0 Å². The maximum absolute atomic E-state index is 11.6. The van der Waals surface area contributed by atoms with Gasteiger partial charge in [-0.05, 0) is 45.7 Å². The fraction of sp³-hybridized carbons (Fsp3) is 0.909. The van der Waals surface area contributed by atoms with E-state index < -0.39 is 0 Å². The Bertz CT molecular complexity index is 195. The van der Waals surface area contributed by atoms with E-state index in [-0.39, 0.29) is 11.4 Å². The third-order valence-electron chi connectivity index (χ3n) is 3.00. The number of rotatable bonds is 4. The number of carbonyl (C=O) groups is 1. The lowest BCUT2D eigenvalue weighted by atomic mass is 9.99. The van der Waals surface area contributed by atoms with Crippen molar-refractivity contribution in [2.45, 2.75) is 45.6 Å². The van der Waals surface area contributed by atoms with E-state index in [9.17, 15) is 4.79 Å². The number of hydrogen-bond acceptors (Lipinski definition) is 2. The van der Waals surface area contributed by atoms with Crippen LogP contribution in [0, 0.1) is 5.92 Å². The van der Waals surface area contributed by atoms with E-state index in [1.807, 2.05) is 0 Å². The molecule has 0 aromatic carbocycles. The highest BCUT2D eigenvalue weighted by Gasteiger charge is 2.22. The first-order valence-corrected chi connectivity index (χ1v) is 5.55. The molecule has 3 nitrogen and oxygen atoms in total. The summed E-state index contributed by atoms with van der Waals surface area (Å²) >= 11 is 0. The lowest BCUT2D eigenvalue weighted by molar-refractivity contribution is -0.123. The van der Waals surface area contributed by atoms with E-state index in [0.29, 0.717) is 12.3 Å². The minimum atomic E-state index is -0.0525. The minimum Gasteiger partial charge on any atom is -0.351 e. The van der Waals surface area contributed by atoms with Crippen LogP contribution in [0.1, 0.15) is 40.0 Å². The predicted octanol–water partition coefficient (Wildman–Crippen LogP) is 1.29. The monoisotopic (exact) mass is 198 g/mol. The van der Waals surface area contributed by atoms with Gasteiger partial charge in [0.2, 0.25) is 5.91 Å². The van der Waals surface area contributed by atoms with Crippen LogP contribution >= 0.6 is 0 Å². The van der Waals surface area contributed by atoms with Gasteiger partial charge in [0.15, 0.2) is 0 Å². The Hall–Kier alpha value is -0.570. The van der Waals surface area contributed by atoms with Crippen molar-refractivity contribution in [1.29, 1.82) is 0 Å². The quantitative estimate of drug-likeness (QED) is 0.714. The van der Waals surface area contributed by atoms with Crippen molar-refractivity contribution in [1.82, 2.24) is 10.6 Å². The molecule has 0 radical (unpaired) electrons. The average molecular weight is 198 g/mol. The smallest absolute Gasteiger partial charge is 0.220 e. The molecule has 1 heterocycles. The molecule has 3 heteroatoms. The lowest BCUT2D eigenvalue weighted by Gasteiger charge is -2.25. The zero-order chi connectivity index (χ0) is 10.6. The van der Waals surface area contributed by atoms with Crippen molar-refractivity contribution in [3.8, 4) is 0 Å². The third kappa shape index (κ3) is 3.66. The number of nitrogens with one attached hydrogen (secondary N) is 2. The summed E-state index contributed by atoms with van der Waals surface area (Å²) in [6, 6.07) is 0. The van der Waals surface area contributed by atoms with Crippen molar-refractivity contribution >= 4 is 5.91 Å². The Kier molecular flexibility index (Phi) is 3.93. The van der Waals surface area contributed by atoms with E-state index in [2.05, 4.69) is 31.4 Å². The first kappa shape index (κ1) is 11.5. The standard InChI is InChI=1S/C11H22N2O/c1-4-11(2,3)13-10(14)7-9-5-6-12-8-9/h9,12H,4-8H2,1-3H3,(H,13,14). The Morgan fingerprint density at radius 3 is 2.79 bits per heavy atom. The second-order valence-electron chi connectivity index (χ2n) is 4.85. The Labute approximate surface area is 86.6 Å². The van der Waals surface area contributed by atoms with Crippen LogP contribution in [-0.2, 0) is 4.79 Å². The molecule has 82 valence electrons. The van der Waals surface area contributed by atoms with Crippen molar-refractivity contribution in [2.24, 2.45) is 5.92 Å². The molecule has 0 aliphatic carbocycles. The molecule has 0 aromatic heterocycles. The number of carbonyl (C=O) groups excluding carboxylic acids is 1. The Morgan fingerprint density at radius 1 is 1.57 bits per heavy atom. The lowest BCUT2D eigenvalue weighted by Crippen LogP contribution is -2.43. The largest absolute Gasteiger partial charge is 0.351 e. The van der Waals surface area contributed by atoms with Gasteiger partial charge >= 0.3 is 0 Å². The summed E-state index contributed by atoms with van der Waals surface area (Å²) in [7, 11) is 0. The van der Waals surface area contributed by atoms with E-state index in [0.717, 1.165) is 25.9 Å². The highest BCUT2D eigenvalue weighted by atomic mass is 16.1. The van der Waals surface area contributed by atoms with Gasteiger partial charge in [0.05, 0.1) is 0 Å². The molecule has 0 saturated carbocycles. The molecular formula is C11H22N2O. The molecule has 2 N–H and O–H groups in total. The van der Waals surface area contributed by atoms with Crippen molar-refractivity contribution in [2.75, 3.05) is 13.1 Å². The summed E-state index contributed by atoms with van der Waals surface area (Å²) in [5.74, 6) is 0.744. The number of hydrogen-bond donors (Lipinski definition) is 2. The topological polar surface area (TPSA) is 41.1 Å². The van der Waals surface area contributed by atoms with Crippen molar-refractivity contribution in [3.05, 3.63) is 0 Å².